The number of nitrogens with two attached hydrogens (primary N) is 1. The number of aliphatic hydroxyl groups is 2. The summed E-state index contributed by atoms with van der Waals surface area (Å²) in [5, 5.41) is 31.5. The van der Waals surface area contributed by atoms with Gasteiger partial charge in [-0.05, 0) is 12.1 Å². The number of hydrogen-bond donors (Lipinski definition) is 3. The maximum atomic E-state index is 13.4. The summed E-state index contributed by atoms with van der Waals surface area (Å²) in [5.74, 6) is -1.07. The zero-order valence-corrected chi connectivity index (χ0v) is 9.22. The monoisotopic (exact) mass is 260 g/mol. The Balaban J connectivity index is 3.20. The summed E-state index contributed by atoms with van der Waals surface area (Å²) in [6.07, 6.45) is -3.56. The molecule has 2 atom stereocenters. The number of benzene rings is 1. The van der Waals surface area contributed by atoms with Gasteiger partial charge in [-0.15, -0.1) is 0 Å². The van der Waals surface area contributed by atoms with Gasteiger partial charge in [-0.25, -0.2) is 17.9 Å². The summed E-state index contributed by atoms with van der Waals surface area (Å²) >= 11 is 0. The number of aliphatic hydroxyl groups excluding tert-OH is 2. The summed E-state index contributed by atoms with van der Waals surface area (Å²) in [5.41, 5.74) is -0.383. The Bertz CT molecular complexity index is 567. The molecule has 0 aliphatic carbocycles. The highest BCUT2D eigenvalue weighted by Crippen LogP contribution is 2.22. The van der Waals surface area contributed by atoms with Crippen LogP contribution in [-0.4, -0.2) is 24.7 Å². The molecule has 1 aromatic carbocycles. The van der Waals surface area contributed by atoms with Crippen LogP contribution in [0.5, 0.6) is 0 Å². The normalized spacial score (nSPS) is 15.0. The maximum absolute atomic E-state index is 13.4. The van der Waals surface area contributed by atoms with E-state index in [0.717, 1.165) is 12.1 Å². The van der Waals surface area contributed by atoms with Gasteiger partial charge in [0.1, 0.15) is 11.9 Å². The molecule has 0 heterocycles. The molecule has 92 valence electrons. The lowest BCUT2D eigenvalue weighted by Gasteiger charge is -2.13. The summed E-state index contributed by atoms with van der Waals surface area (Å²) in [4.78, 5) is -0.461. The molecule has 0 fully saturated rings. The highest BCUT2D eigenvalue weighted by molar-refractivity contribution is 7.89. The molecule has 8 heteroatoms. The lowest BCUT2D eigenvalue weighted by atomic mass is 10.0. The Morgan fingerprint density at radius 1 is 1.41 bits per heavy atom. The van der Waals surface area contributed by atoms with Crippen molar-refractivity contribution in [3.05, 3.63) is 29.6 Å². The van der Waals surface area contributed by atoms with Crippen LogP contribution in [0, 0.1) is 17.1 Å². The molecule has 0 saturated heterocycles. The molecular formula is C9H9FN2O4S. The van der Waals surface area contributed by atoms with Gasteiger partial charge in [0.05, 0.1) is 11.0 Å². The van der Waals surface area contributed by atoms with Gasteiger partial charge < -0.3 is 10.2 Å². The van der Waals surface area contributed by atoms with Gasteiger partial charge in [-0.1, -0.05) is 6.07 Å². The first-order valence-corrected chi connectivity index (χ1v) is 5.90. The standard InChI is InChI=1S/C9H9FN2O4S/c10-7-3-5(17(12,15)16)1-2-6(7)9(14)8(13)4-11/h1-3,8-9,13-14H,(H2,12,15,16). The second-order valence-electron chi connectivity index (χ2n) is 3.25. The molecule has 17 heavy (non-hydrogen) atoms. The Morgan fingerprint density at radius 2 is 2.00 bits per heavy atom. The van der Waals surface area contributed by atoms with Crippen LogP contribution in [0.15, 0.2) is 23.1 Å². The van der Waals surface area contributed by atoms with Crippen molar-refractivity contribution in [2.45, 2.75) is 17.1 Å². The van der Waals surface area contributed by atoms with E-state index in [0.29, 0.717) is 6.07 Å². The first kappa shape index (κ1) is 13.5. The molecule has 0 aromatic heterocycles. The Hall–Kier alpha value is -1.53. The van der Waals surface area contributed by atoms with Crippen LogP contribution in [0.25, 0.3) is 0 Å². The number of rotatable bonds is 3. The van der Waals surface area contributed by atoms with Crippen molar-refractivity contribution >= 4 is 10.0 Å². The van der Waals surface area contributed by atoms with Crippen LogP contribution in [0.3, 0.4) is 0 Å². The second-order valence-corrected chi connectivity index (χ2v) is 4.81. The van der Waals surface area contributed by atoms with Gasteiger partial charge in [0, 0.05) is 5.56 Å². The minimum Gasteiger partial charge on any atom is -0.384 e. The van der Waals surface area contributed by atoms with Crippen molar-refractivity contribution in [2.75, 3.05) is 0 Å². The molecule has 6 nitrogen and oxygen atoms in total. The van der Waals surface area contributed by atoms with Crippen LogP contribution >= 0.6 is 0 Å². The van der Waals surface area contributed by atoms with Gasteiger partial charge in [-0.3, -0.25) is 0 Å². The second kappa shape index (κ2) is 4.77. The average Bonchev–Trinajstić information content (AvgIpc) is 2.25. The molecule has 2 unspecified atom stereocenters. The van der Waals surface area contributed by atoms with Crippen molar-refractivity contribution < 1.29 is 23.0 Å². The predicted octanol–water partition coefficient (Wildman–Crippen LogP) is -0.609. The quantitative estimate of drug-likeness (QED) is 0.625. The average molecular weight is 260 g/mol. The van der Waals surface area contributed by atoms with E-state index in [9.17, 15) is 17.9 Å². The van der Waals surface area contributed by atoms with Gasteiger partial charge in [0.25, 0.3) is 0 Å². The van der Waals surface area contributed by atoms with Crippen molar-refractivity contribution in [2.24, 2.45) is 5.14 Å². The zero-order valence-electron chi connectivity index (χ0n) is 8.41. The van der Waals surface area contributed by atoms with Gasteiger partial charge >= 0.3 is 0 Å². The van der Waals surface area contributed by atoms with Crippen LogP contribution in [-0.2, 0) is 10.0 Å². The van der Waals surface area contributed by atoms with Crippen molar-refractivity contribution in [1.82, 2.24) is 0 Å². The minimum absolute atomic E-state index is 0.383. The summed E-state index contributed by atoms with van der Waals surface area (Å²) in [7, 11) is -4.04. The molecule has 0 bridgehead atoms. The van der Waals surface area contributed by atoms with E-state index >= 15 is 0 Å². The number of nitrogens with zero attached hydrogens (tertiary/aromatic N) is 1. The van der Waals surface area contributed by atoms with E-state index in [1.807, 2.05) is 0 Å². The smallest absolute Gasteiger partial charge is 0.238 e. The Kier molecular flexibility index (Phi) is 3.79. The number of primary sulfonamides is 1. The summed E-state index contributed by atoms with van der Waals surface area (Å²) in [6, 6.07) is 3.86. The highest BCUT2D eigenvalue weighted by atomic mass is 32.2. The van der Waals surface area contributed by atoms with E-state index in [1.54, 1.807) is 0 Å². The van der Waals surface area contributed by atoms with Gasteiger partial charge in [0.15, 0.2) is 6.10 Å². The van der Waals surface area contributed by atoms with Crippen molar-refractivity contribution in [1.29, 1.82) is 5.26 Å². The van der Waals surface area contributed by atoms with Crippen LogP contribution in [0.1, 0.15) is 11.7 Å². The summed E-state index contributed by atoms with van der Waals surface area (Å²) < 4.78 is 35.2. The fraction of sp³-hybridized carbons (Fsp3) is 0.222. The highest BCUT2D eigenvalue weighted by Gasteiger charge is 2.22. The minimum atomic E-state index is -4.04. The topological polar surface area (TPSA) is 124 Å². The van der Waals surface area contributed by atoms with Crippen LogP contribution in [0.2, 0.25) is 0 Å². The van der Waals surface area contributed by atoms with E-state index in [1.165, 1.54) is 6.07 Å². The molecule has 1 aromatic rings. The lowest BCUT2D eigenvalue weighted by Crippen LogP contribution is -2.18. The molecule has 1 rings (SSSR count). The molecule has 0 aliphatic heterocycles. The van der Waals surface area contributed by atoms with Crippen LogP contribution < -0.4 is 5.14 Å². The number of hydrogen-bond acceptors (Lipinski definition) is 5. The number of halogens is 1. The SMILES string of the molecule is N#CC(O)C(O)c1ccc(S(N)(=O)=O)cc1F. The van der Waals surface area contributed by atoms with Crippen LogP contribution in [0.4, 0.5) is 4.39 Å². The number of nitriles is 1. The van der Waals surface area contributed by atoms with E-state index in [2.05, 4.69) is 0 Å². The molecule has 0 spiro atoms. The number of sulfonamides is 1. The maximum Gasteiger partial charge on any atom is 0.238 e. The third kappa shape index (κ3) is 2.98. The third-order valence-corrected chi connectivity index (χ3v) is 2.96. The van der Waals surface area contributed by atoms with E-state index < -0.39 is 32.9 Å². The molecule has 0 aliphatic rings. The molecule has 0 saturated carbocycles. The zero-order chi connectivity index (χ0) is 13.2. The fourth-order valence-electron chi connectivity index (χ4n) is 1.17. The molecule has 0 amide bonds. The van der Waals surface area contributed by atoms with E-state index in [4.69, 9.17) is 15.5 Å². The van der Waals surface area contributed by atoms with Crippen molar-refractivity contribution in [3.63, 3.8) is 0 Å². The predicted molar refractivity (Wildman–Crippen MR) is 54.4 cm³/mol. The molecule has 0 radical (unpaired) electrons. The van der Waals surface area contributed by atoms with Gasteiger partial charge in [-0.2, -0.15) is 5.26 Å². The third-order valence-electron chi connectivity index (χ3n) is 2.05. The molecule has 4 N–H and O–H groups in total. The van der Waals surface area contributed by atoms with Gasteiger partial charge in [0.2, 0.25) is 10.0 Å². The first-order valence-electron chi connectivity index (χ1n) is 4.35. The Labute approximate surface area is 96.8 Å². The molecular weight excluding hydrogens is 251 g/mol. The first-order chi connectivity index (χ1) is 7.77. The Morgan fingerprint density at radius 3 is 2.41 bits per heavy atom. The fourth-order valence-corrected chi connectivity index (χ4v) is 1.69. The van der Waals surface area contributed by atoms with E-state index in [-0.39, 0.29) is 5.56 Å². The summed E-state index contributed by atoms with van der Waals surface area (Å²) in [6.45, 7) is 0. The van der Waals surface area contributed by atoms with Crippen molar-refractivity contribution in [3.8, 4) is 6.07 Å². The largest absolute Gasteiger partial charge is 0.384 e. The lowest BCUT2D eigenvalue weighted by molar-refractivity contribution is 0.0502.